The normalized spacial score (nSPS) is 26.8. The summed E-state index contributed by atoms with van der Waals surface area (Å²) in [6.07, 6.45) is 26.5. The van der Waals surface area contributed by atoms with Crippen molar-refractivity contribution in [3.63, 3.8) is 0 Å². The predicted octanol–water partition coefficient (Wildman–Crippen LogP) is 6.26. The van der Waals surface area contributed by atoms with Gasteiger partial charge < -0.3 is 64.2 Å². The fourth-order valence-electron chi connectivity index (χ4n) is 7.18. The van der Waals surface area contributed by atoms with Crippen LogP contribution in [0.15, 0.2) is 72.9 Å². The molecule has 0 amide bonds. The topological polar surface area (TPSA) is 231 Å². The van der Waals surface area contributed by atoms with E-state index in [1.54, 1.807) is 0 Å². The number of allylic oxidation sites excluding steroid dienone is 12. The fourth-order valence-corrected chi connectivity index (χ4v) is 7.18. The molecule has 15 heteroatoms. The number of aliphatic hydroxyl groups is 7. The van der Waals surface area contributed by atoms with E-state index < -0.39 is 99.3 Å². The molecule has 0 aromatic rings. The zero-order valence-corrected chi connectivity index (χ0v) is 39.6. The Morgan fingerprint density at radius 2 is 0.909 bits per heavy atom. The molecule has 15 nitrogen and oxygen atoms in total. The Hall–Kier alpha value is -3.06. The van der Waals surface area contributed by atoms with Gasteiger partial charge in [0.1, 0.15) is 55.4 Å². The standard InChI is InChI=1S/C51H84O15/c1-3-5-7-9-11-13-15-17-19-21-23-25-27-29-31-33-42(53)61-36-39(64-43(54)34-32-30-28-26-24-22-20-18-16-14-12-10-8-6-4-2)37-62-50-49(60)47(58)45(56)41(66-50)38-63-51-48(59)46(57)44(55)40(35-52)65-51/h5-8,11-14,17-20,39-41,44-52,55-60H,3-4,9-10,15-16,21-38H2,1-2H3/b7-5-,8-6-,13-11-,14-12-,19-17-,20-18-/t39?,40-,41+,44+,45-,46+,47-,48-,49+,50+,51+/m0/s1. The summed E-state index contributed by atoms with van der Waals surface area (Å²) < 4.78 is 33.5. The molecule has 0 spiro atoms. The van der Waals surface area contributed by atoms with Crippen molar-refractivity contribution in [2.75, 3.05) is 26.4 Å². The fraction of sp³-hybridized carbons (Fsp3) is 0.725. The summed E-state index contributed by atoms with van der Waals surface area (Å²) in [7, 11) is 0. The van der Waals surface area contributed by atoms with E-state index in [0.717, 1.165) is 103 Å². The van der Waals surface area contributed by atoms with Gasteiger partial charge in [0.2, 0.25) is 0 Å². The zero-order valence-electron chi connectivity index (χ0n) is 39.6. The van der Waals surface area contributed by atoms with Crippen LogP contribution in [-0.2, 0) is 38.0 Å². The van der Waals surface area contributed by atoms with Crippen LogP contribution in [-0.4, -0.2) is 142 Å². The molecule has 0 saturated carbocycles. The molecule has 2 rings (SSSR count). The molecule has 0 aromatic heterocycles. The Morgan fingerprint density at radius 3 is 1.42 bits per heavy atom. The van der Waals surface area contributed by atoms with Gasteiger partial charge >= 0.3 is 11.9 Å². The van der Waals surface area contributed by atoms with Crippen LogP contribution in [0.2, 0.25) is 0 Å². The Kier molecular flexibility index (Phi) is 33.9. The number of carbonyl (C=O) groups excluding carboxylic acids is 2. The molecule has 11 atom stereocenters. The summed E-state index contributed by atoms with van der Waals surface area (Å²) >= 11 is 0. The molecule has 2 heterocycles. The maximum atomic E-state index is 13.0. The van der Waals surface area contributed by atoms with Crippen LogP contribution in [0.25, 0.3) is 0 Å². The Balaban J connectivity index is 1.84. The third-order valence-corrected chi connectivity index (χ3v) is 11.2. The minimum Gasteiger partial charge on any atom is -0.462 e. The van der Waals surface area contributed by atoms with Crippen molar-refractivity contribution < 1.29 is 73.8 Å². The molecule has 0 bridgehead atoms. The Labute approximate surface area is 393 Å². The summed E-state index contributed by atoms with van der Waals surface area (Å²) in [5.41, 5.74) is 0. The Morgan fingerprint density at radius 1 is 0.485 bits per heavy atom. The van der Waals surface area contributed by atoms with Crippen LogP contribution >= 0.6 is 0 Å². The second kappa shape index (κ2) is 37.9. The van der Waals surface area contributed by atoms with E-state index in [1.165, 1.54) is 0 Å². The minimum atomic E-state index is -1.77. The number of rotatable bonds is 36. The van der Waals surface area contributed by atoms with Crippen LogP contribution < -0.4 is 0 Å². The maximum absolute atomic E-state index is 13.0. The van der Waals surface area contributed by atoms with Crippen LogP contribution in [0.3, 0.4) is 0 Å². The molecule has 2 aliphatic rings. The van der Waals surface area contributed by atoms with Crippen molar-refractivity contribution in [3.8, 4) is 0 Å². The average Bonchev–Trinajstić information content (AvgIpc) is 3.31. The highest BCUT2D eigenvalue weighted by atomic mass is 16.7. The lowest BCUT2D eigenvalue weighted by Crippen LogP contribution is -2.61. The summed E-state index contributed by atoms with van der Waals surface area (Å²) in [5, 5.41) is 72.0. The molecule has 66 heavy (non-hydrogen) atoms. The monoisotopic (exact) mass is 937 g/mol. The number of unbranched alkanes of at least 4 members (excludes halogenated alkanes) is 10. The van der Waals surface area contributed by atoms with E-state index >= 15 is 0 Å². The van der Waals surface area contributed by atoms with E-state index in [0.29, 0.717) is 12.8 Å². The molecule has 0 radical (unpaired) electrons. The first-order valence-corrected chi connectivity index (χ1v) is 24.5. The van der Waals surface area contributed by atoms with Crippen LogP contribution in [0.1, 0.15) is 142 Å². The summed E-state index contributed by atoms with van der Waals surface area (Å²) in [6, 6.07) is 0. The van der Waals surface area contributed by atoms with Crippen LogP contribution in [0.5, 0.6) is 0 Å². The molecular formula is C51H84O15. The number of carbonyl (C=O) groups is 2. The number of hydrogen-bond donors (Lipinski definition) is 7. The van der Waals surface area contributed by atoms with Gasteiger partial charge in [-0.15, -0.1) is 0 Å². The molecule has 2 aliphatic heterocycles. The van der Waals surface area contributed by atoms with Gasteiger partial charge in [0.05, 0.1) is 19.8 Å². The number of esters is 2. The lowest BCUT2D eigenvalue weighted by atomic mass is 9.98. The van der Waals surface area contributed by atoms with E-state index in [1.807, 2.05) is 0 Å². The van der Waals surface area contributed by atoms with E-state index in [-0.39, 0.29) is 19.4 Å². The number of hydrogen-bond acceptors (Lipinski definition) is 15. The number of ether oxygens (including phenoxy) is 6. The highest BCUT2D eigenvalue weighted by Crippen LogP contribution is 2.26. The highest BCUT2D eigenvalue weighted by molar-refractivity contribution is 5.70. The zero-order chi connectivity index (χ0) is 48.2. The first-order chi connectivity index (χ1) is 32.0. The van der Waals surface area contributed by atoms with E-state index in [2.05, 4.69) is 86.8 Å². The van der Waals surface area contributed by atoms with Gasteiger partial charge in [-0.3, -0.25) is 9.59 Å². The minimum absolute atomic E-state index is 0.138. The quantitative estimate of drug-likeness (QED) is 0.0209. The second-order valence-corrected chi connectivity index (χ2v) is 16.9. The Bertz CT molecular complexity index is 1430. The van der Waals surface area contributed by atoms with Gasteiger partial charge in [0.15, 0.2) is 18.7 Å². The first kappa shape index (κ1) is 59.1. The maximum Gasteiger partial charge on any atom is 0.306 e. The van der Waals surface area contributed by atoms with Crippen molar-refractivity contribution in [1.82, 2.24) is 0 Å². The van der Waals surface area contributed by atoms with Gasteiger partial charge in [-0.1, -0.05) is 125 Å². The van der Waals surface area contributed by atoms with Gasteiger partial charge in [0, 0.05) is 12.8 Å². The van der Waals surface area contributed by atoms with Crippen molar-refractivity contribution in [1.29, 1.82) is 0 Å². The largest absolute Gasteiger partial charge is 0.462 e. The molecule has 0 aromatic carbocycles. The lowest BCUT2D eigenvalue weighted by molar-refractivity contribution is -0.332. The molecular weight excluding hydrogens is 853 g/mol. The molecule has 0 aliphatic carbocycles. The molecule has 378 valence electrons. The smallest absolute Gasteiger partial charge is 0.306 e. The molecule has 7 N–H and O–H groups in total. The van der Waals surface area contributed by atoms with Crippen molar-refractivity contribution in [2.45, 2.75) is 210 Å². The summed E-state index contributed by atoms with van der Waals surface area (Å²) in [5.74, 6) is -0.973. The first-order valence-electron chi connectivity index (χ1n) is 24.5. The van der Waals surface area contributed by atoms with Gasteiger partial charge in [-0.05, 0) is 77.0 Å². The van der Waals surface area contributed by atoms with Crippen molar-refractivity contribution in [2.24, 2.45) is 0 Å². The molecule has 2 fully saturated rings. The van der Waals surface area contributed by atoms with Crippen molar-refractivity contribution in [3.05, 3.63) is 72.9 Å². The summed E-state index contributed by atoms with van der Waals surface area (Å²) in [4.78, 5) is 25.7. The van der Waals surface area contributed by atoms with Gasteiger partial charge in [-0.25, -0.2) is 0 Å². The average molecular weight is 937 g/mol. The van der Waals surface area contributed by atoms with Crippen molar-refractivity contribution >= 4 is 11.9 Å². The number of aliphatic hydroxyl groups excluding tert-OH is 7. The molecule has 1 unspecified atom stereocenters. The molecule has 2 saturated heterocycles. The van der Waals surface area contributed by atoms with E-state index in [4.69, 9.17) is 28.4 Å². The summed E-state index contributed by atoms with van der Waals surface area (Å²) in [6.45, 7) is 2.30. The SMILES string of the molecule is CC/C=C\C/C=C\C/C=C\CCCCCCCC(=O)OCC(CO[C@@H]1O[C@H](CO[C@@H]2O[C@@H](CO)[C@@H](O)[C@@H](O)[C@@H]2O)[C@H](O)[C@H](O)[C@H]1O)OC(=O)CCCCCCC/C=C\C/C=C\C/C=C\CC. The third-order valence-electron chi connectivity index (χ3n) is 11.2. The highest BCUT2D eigenvalue weighted by Gasteiger charge is 2.47. The van der Waals surface area contributed by atoms with E-state index in [9.17, 15) is 45.3 Å². The predicted molar refractivity (Wildman–Crippen MR) is 252 cm³/mol. The second-order valence-electron chi connectivity index (χ2n) is 16.9. The van der Waals surface area contributed by atoms with Gasteiger partial charge in [-0.2, -0.15) is 0 Å². The van der Waals surface area contributed by atoms with Crippen LogP contribution in [0, 0.1) is 0 Å². The van der Waals surface area contributed by atoms with Crippen LogP contribution in [0.4, 0.5) is 0 Å². The lowest BCUT2D eigenvalue weighted by Gasteiger charge is -2.42. The third kappa shape index (κ3) is 25.9. The van der Waals surface area contributed by atoms with Gasteiger partial charge in [0.25, 0.3) is 0 Å².